The second-order valence-electron chi connectivity index (χ2n) is 23.5. The minimum absolute atomic E-state index is 0. The van der Waals surface area contributed by atoms with Crippen molar-refractivity contribution >= 4 is 67.2 Å². The zero-order valence-electron chi connectivity index (χ0n) is 58.0. The number of halogens is 6. The Morgan fingerprint density at radius 3 is 1.32 bits per heavy atom. The van der Waals surface area contributed by atoms with E-state index in [0.29, 0.717) is 93.1 Å². The Hall–Kier alpha value is -12.6. The highest BCUT2D eigenvalue weighted by Gasteiger charge is 2.28. The lowest BCUT2D eigenvalue weighted by Crippen LogP contribution is -2.34. The molecule has 0 fully saturated rings. The van der Waals surface area contributed by atoms with Crippen molar-refractivity contribution in [3.8, 4) is 80.1 Å². The summed E-state index contributed by atoms with van der Waals surface area (Å²) in [5.74, 6) is 9.43. The van der Waals surface area contributed by atoms with Crippen molar-refractivity contribution < 1.29 is 55.1 Å². The van der Waals surface area contributed by atoms with Crippen LogP contribution in [0.2, 0.25) is 0 Å². The molecule has 7 heterocycles. The van der Waals surface area contributed by atoms with E-state index >= 15 is 0 Å². The normalized spacial score (nSPS) is 10.8. The molecule has 109 heavy (non-hydrogen) atoms. The number of alkyl halides is 6. The van der Waals surface area contributed by atoms with Crippen molar-refractivity contribution in [3.05, 3.63) is 195 Å². The number of phenols is 1. The number of aryl methyl sites for hydroxylation is 2. The molecule has 0 bridgehead atoms. The second kappa shape index (κ2) is 38.6. The molecule has 24 nitrogen and oxygen atoms in total. The van der Waals surface area contributed by atoms with E-state index in [0.717, 1.165) is 61.7 Å². The van der Waals surface area contributed by atoms with Crippen molar-refractivity contribution in [2.75, 3.05) is 96.1 Å². The predicted octanol–water partition coefficient (Wildman–Crippen LogP) is 15.9. The molecule has 13 rings (SSSR count). The Kier molecular flexibility index (Phi) is 29.6. The Morgan fingerprint density at radius 2 is 0.899 bits per heavy atom. The molecule has 0 unspecified atom stereocenters. The summed E-state index contributed by atoms with van der Waals surface area (Å²) < 4.78 is 106. The average Bonchev–Trinajstić information content (AvgIpc) is 1.54. The maximum absolute atomic E-state index is 12.6. The molecular weight excluding hydrogens is 1410 g/mol. The highest BCUT2D eigenvalue weighted by molar-refractivity contribution is 5.86. The van der Waals surface area contributed by atoms with E-state index in [1.807, 2.05) is 121 Å². The number of aromatic hydroxyl groups is 1. The van der Waals surface area contributed by atoms with Gasteiger partial charge < -0.3 is 54.1 Å². The molecule has 0 saturated heterocycles. The van der Waals surface area contributed by atoms with Gasteiger partial charge in [0.25, 0.3) is 0 Å². The Balaban J connectivity index is 0.000000224. The SMILES string of the molecule is C.C.C.C.COc1cc(O)cc(N(CCCNCC(F)(F)F)c2ccc3ncc(-c4cn[nH]c4)nc3c2)c1.COc1cc(OC)cc(N(CC#Cc2cccnc2)c2ccc3ncc(-c4cnn(C)c4)nc3c2)c1.COc1cc(OC)cc(N(CCNCC(F)(F)F)c2ccc3ncc(-c4cnn(C)c4)nc3c2)c1. The van der Waals surface area contributed by atoms with Crippen LogP contribution < -0.4 is 49.0 Å². The molecule has 0 aliphatic heterocycles. The monoisotopic (exact) mass is 1500 g/mol. The summed E-state index contributed by atoms with van der Waals surface area (Å²) in [5.41, 5.74) is 14.3. The molecule has 13 aromatic rings. The van der Waals surface area contributed by atoms with Crippen LogP contribution in [-0.2, 0) is 14.1 Å². The van der Waals surface area contributed by atoms with Crippen LogP contribution in [-0.4, -0.2) is 163 Å². The number of hydrogen-bond donors (Lipinski definition) is 4. The summed E-state index contributed by atoms with van der Waals surface area (Å²) in [4.78, 5) is 37.8. The predicted molar refractivity (Wildman–Crippen MR) is 416 cm³/mol. The zero-order valence-corrected chi connectivity index (χ0v) is 58.0. The van der Waals surface area contributed by atoms with E-state index in [1.165, 1.54) is 13.2 Å². The van der Waals surface area contributed by atoms with Gasteiger partial charge in [-0.2, -0.15) is 41.6 Å². The van der Waals surface area contributed by atoms with Crippen molar-refractivity contribution in [3.63, 3.8) is 0 Å². The number of methoxy groups -OCH3 is 5. The number of hydrogen-bond acceptors (Lipinski definition) is 21. The summed E-state index contributed by atoms with van der Waals surface area (Å²) in [6.45, 7) is -0.782. The van der Waals surface area contributed by atoms with Gasteiger partial charge in [0.15, 0.2) is 0 Å². The summed E-state index contributed by atoms with van der Waals surface area (Å²) in [5, 5.41) is 30.1. The van der Waals surface area contributed by atoms with Gasteiger partial charge in [-0.15, -0.1) is 0 Å². The molecule has 0 aliphatic carbocycles. The van der Waals surface area contributed by atoms with Gasteiger partial charge in [-0.3, -0.25) is 34.4 Å². The number of phenolic OH excluding ortho intramolecular Hbond substituents is 1. The largest absolute Gasteiger partial charge is 0.508 e. The molecule has 6 aromatic carbocycles. The number of H-pyrrole nitrogens is 1. The van der Waals surface area contributed by atoms with Crippen LogP contribution in [0, 0.1) is 11.8 Å². The third-order valence-electron chi connectivity index (χ3n) is 16.1. The van der Waals surface area contributed by atoms with Gasteiger partial charge in [-0.1, -0.05) is 41.5 Å². The van der Waals surface area contributed by atoms with Gasteiger partial charge in [-0.05, 0) is 79.7 Å². The number of anilines is 6. The number of nitrogens with zero attached hydrogens (tertiary/aromatic N) is 15. The third kappa shape index (κ3) is 22.7. The molecule has 7 aromatic heterocycles. The average molecular weight is 1500 g/mol. The Morgan fingerprint density at radius 1 is 0.468 bits per heavy atom. The van der Waals surface area contributed by atoms with Gasteiger partial charge in [-0.25, -0.2) is 15.0 Å². The van der Waals surface area contributed by atoms with Gasteiger partial charge in [0.1, 0.15) is 34.5 Å². The van der Waals surface area contributed by atoms with Gasteiger partial charge >= 0.3 is 12.4 Å². The molecular formula is C79H88F6N18O6. The van der Waals surface area contributed by atoms with Crippen LogP contribution in [0.3, 0.4) is 0 Å². The third-order valence-corrected chi connectivity index (χ3v) is 16.1. The number of rotatable bonds is 24. The lowest BCUT2D eigenvalue weighted by Gasteiger charge is -2.26. The molecule has 30 heteroatoms. The van der Waals surface area contributed by atoms with Crippen LogP contribution in [0.25, 0.3) is 66.9 Å². The van der Waals surface area contributed by atoms with Crippen LogP contribution in [0.5, 0.6) is 34.5 Å². The number of fused-ring (bicyclic) bond motifs is 3. The topological polar surface area (TPSA) is 255 Å². The Labute approximate surface area is 628 Å². The fraction of sp³-hybridized carbons (Fsp3) is 0.266. The first-order chi connectivity index (χ1) is 50.7. The van der Waals surface area contributed by atoms with Crippen LogP contribution >= 0.6 is 0 Å². The highest BCUT2D eigenvalue weighted by atomic mass is 19.4. The van der Waals surface area contributed by atoms with E-state index in [4.69, 9.17) is 33.7 Å². The minimum Gasteiger partial charge on any atom is -0.508 e. The van der Waals surface area contributed by atoms with Gasteiger partial charge in [0.2, 0.25) is 0 Å². The first-order valence-corrected chi connectivity index (χ1v) is 32.6. The number of aromatic amines is 1. The summed E-state index contributed by atoms with van der Waals surface area (Å²) in [6, 6.07) is 36.8. The van der Waals surface area contributed by atoms with Crippen molar-refractivity contribution in [1.82, 2.24) is 75.3 Å². The van der Waals surface area contributed by atoms with Crippen molar-refractivity contribution in [2.24, 2.45) is 14.1 Å². The summed E-state index contributed by atoms with van der Waals surface area (Å²) >= 11 is 0. The summed E-state index contributed by atoms with van der Waals surface area (Å²) in [6.07, 6.45) is 11.1. The first-order valence-electron chi connectivity index (χ1n) is 32.6. The molecule has 0 spiro atoms. The van der Waals surface area contributed by atoms with E-state index < -0.39 is 25.4 Å². The highest BCUT2D eigenvalue weighted by Crippen LogP contribution is 2.38. The number of ether oxygens (including phenoxy) is 5. The number of nitrogens with one attached hydrogen (secondary N) is 3. The van der Waals surface area contributed by atoms with E-state index in [9.17, 15) is 31.4 Å². The smallest absolute Gasteiger partial charge is 0.401 e. The van der Waals surface area contributed by atoms with E-state index in [2.05, 4.69) is 72.7 Å². The first kappa shape index (κ1) is 83.7. The molecule has 0 atom stereocenters. The maximum atomic E-state index is 12.6. The maximum Gasteiger partial charge on any atom is 0.401 e. The van der Waals surface area contributed by atoms with Crippen molar-refractivity contribution in [1.29, 1.82) is 0 Å². The quantitative estimate of drug-likeness (QED) is 0.0249. The van der Waals surface area contributed by atoms with Gasteiger partial charge in [0.05, 0.1) is 143 Å². The fourth-order valence-electron chi connectivity index (χ4n) is 11.0. The Bertz CT molecular complexity index is 5090. The molecule has 0 radical (unpaired) electrons. The number of aromatic nitrogens is 13. The molecule has 4 N–H and O–H groups in total. The van der Waals surface area contributed by atoms with E-state index in [1.54, 1.807) is 124 Å². The lowest BCUT2D eigenvalue weighted by atomic mass is 10.1. The number of benzene rings is 6. The van der Waals surface area contributed by atoms with Gasteiger partial charge in [0, 0.05) is 176 Å². The molecule has 572 valence electrons. The fourth-order valence-corrected chi connectivity index (χ4v) is 11.0. The van der Waals surface area contributed by atoms with E-state index in [-0.39, 0.29) is 55.1 Å². The molecule has 0 amide bonds. The lowest BCUT2D eigenvalue weighted by molar-refractivity contribution is -0.125. The standard InChI is InChI=1S/C28H24N6O2.C24H25F3N6O2.C23H23F3N6O2.4CH4/c1-33-19-21(17-31-33)28-18-30-26-9-8-22(14-27(26)32-28)34(11-5-7-20-6-4-10-29-16-20)23-12-24(35-2)15-25(13-23)36-3;1-32-14-16(12-30-32)23-13-29-21-5-4-17(10-22(21)31-23)33(7-6-28-15-24(25,26)27)18-8-19(34-2)11-20(9-18)35-3;1-34-19-8-17(7-18(33)10-19)32(6-2-5-27-14-23(24,25)26)16-3-4-20-21(9-16)31-22(13-28-20)15-11-29-30-12-15;;;;/h4,6,8-10,12-19H,11H2,1-3H3;4-5,8-14,28H,6-7,15H2,1-3H3;3-4,7-13,27,33H,2,5-6,14H2,1H3,(H,29,30);4*1H4. The second-order valence-corrected chi connectivity index (χ2v) is 23.5. The van der Waals surface area contributed by atoms with Crippen molar-refractivity contribution in [2.45, 2.75) is 48.5 Å². The van der Waals surface area contributed by atoms with Crippen LogP contribution in [0.1, 0.15) is 41.7 Å². The molecule has 0 saturated carbocycles. The number of pyridine rings is 1. The zero-order chi connectivity index (χ0) is 74.0. The van der Waals surface area contributed by atoms with Crippen LogP contribution in [0.15, 0.2) is 189 Å². The minimum atomic E-state index is -4.29. The molecule has 0 aliphatic rings. The van der Waals surface area contributed by atoms with Crippen LogP contribution in [0.4, 0.5) is 60.5 Å². The summed E-state index contributed by atoms with van der Waals surface area (Å²) in [7, 11) is 11.5.